The molecule has 1 N–H and O–H groups in total. The minimum absolute atomic E-state index is 0.183. The summed E-state index contributed by atoms with van der Waals surface area (Å²) in [5.41, 5.74) is 1.23. The van der Waals surface area contributed by atoms with Gasteiger partial charge in [0.1, 0.15) is 5.82 Å². The molecule has 6 heteroatoms. The number of carbonyl (C=O) groups is 1. The fourth-order valence-corrected chi connectivity index (χ4v) is 2.38. The molecule has 0 radical (unpaired) electrons. The number of nitrogens with one attached hydrogen (secondary N) is 1. The van der Waals surface area contributed by atoms with Crippen molar-refractivity contribution >= 4 is 49.3 Å². The summed E-state index contributed by atoms with van der Waals surface area (Å²) >= 11 is 6.73. The van der Waals surface area contributed by atoms with Gasteiger partial charge in [-0.15, -0.1) is 0 Å². The maximum atomic E-state index is 12.2. The summed E-state index contributed by atoms with van der Waals surface area (Å²) in [5, 5.41) is 2.82. The van der Waals surface area contributed by atoms with E-state index >= 15 is 0 Å². The highest BCUT2D eigenvalue weighted by Gasteiger charge is 2.11. The molecule has 2 aromatic rings. The zero-order chi connectivity index (χ0) is 14.7. The van der Waals surface area contributed by atoms with Gasteiger partial charge in [-0.3, -0.25) is 4.79 Å². The summed E-state index contributed by atoms with van der Waals surface area (Å²) in [7, 11) is 3.83. The monoisotopic (exact) mass is 397 g/mol. The van der Waals surface area contributed by atoms with Crippen molar-refractivity contribution < 1.29 is 4.79 Å². The Kier molecular flexibility index (Phi) is 4.77. The molecule has 104 valence electrons. The van der Waals surface area contributed by atoms with Gasteiger partial charge in [-0.25, -0.2) is 4.98 Å². The van der Waals surface area contributed by atoms with Crippen LogP contribution in [0, 0.1) is 0 Å². The van der Waals surface area contributed by atoms with Crippen LogP contribution >= 0.6 is 31.9 Å². The summed E-state index contributed by atoms with van der Waals surface area (Å²) in [6.45, 7) is 0. The van der Waals surface area contributed by atoms with Crippen molar-refractivity contribution in [1.82, 2.24) is 4.98 Å². The second kappa shape index (κ2) is 6.37. The van der Waals surface area contributed by atoms with E-state index in [2.05, 4.69) is 42.2 Å². The Morgan fingerprint density at radius 1 is 1.20 bits per heavy atom. The number of halogens is 2. The molecule has 20 heavy (non-hydrogen) atoms. The molecular weight excluding hydrogens is 386 g/mol. The van der Waals surface area contributed by atoms with Gasteiger partial charge in [-0.1, -0.05) is 15.9 Å². The highest BCUT2D eigenvalue weighted by Crippen LogP contribution is 2.22. The van der Waals surface area contributed by atoms with Crippen molar-refractivity contribution in [3.8, 4) is 0 Å². The predicted molar refractivity (Wildman–Crippen MR) is 88.4 cm³/mol. The van der Waals surface area contributed by atoms with Crippen LogP contribution < -0.4 is 10.2 Å². The van der Waals surface area contributed by atoms with E-state index in [9.17, 15) is 4.79 Å². The van der Waals surface area contributed by atoms with Gasteiger partial charge in [0, 0.05) is 23.0 Å². The van der Waals surface area contributed by atoms with E-state index in [-0.39, 0.29) is 5.91 Å². The smallest absolute Gasteiger partial charge is 0.256 e. The Morgan fingerprint density at radius 3 is 2.55 bits per heavy atom. The molecule has 1 heterocycles. The molecule has 0 fully saturated rings. The van der Waals surface area contributed by atoms with Gasteiger partial charge in [0.05, 0.1) is 17.4 Å². The van der Waals surface area contributed by atoms with Gasteiger partial charge in [0.25, 0.3) is 5.91 Å². The van der Waals surface area contributed by atoms with Gasteiger partial charge < -0.3 is 10.2 Å². The zero-order valence-corrected chi connectivity index (χ0v) is 14.2. The highest BCUT2D eigenvalue weighted by atomic mass is 79.9. The molecule has 2 rings (SSSR count). The maximum Gasteiger partial charge on any atom is 0.256 e. The van der Waals surface area contributed by atoms with Crippen LogP contribution in [0.2, 0.25) is 0 Å². The topological polar surface area (TPSA) is 45.2 Å². The Labute approximate surface area is 134 Å². The van der Waals surface area contributed by atoms with Crippen molar-refractivity contribution in [2.75, 3.05) is 24.3 Å². The summed E-state index contributed by atoms with van der Waals surface area (Å²) in [6.07, 6.45) is 1.64. The first-order chi connectivity index (χ1) is 9.47. The zero-order valence-electron chi connectivity index (χ0n) is 11.0. The number of rotatable bonds is 3. The molecule has 0 bridgehead atoms. The number of amides is 1. The lowest BCUT2D eigenvalue weighted by Gasteiger charge is -2.12. The summed E-state index contributed by atoms with van der Waals surface area (Å²) in [6, 6.07) is 9.14. The molecule has 0 saturated carbocycles. The van der Waals surface area contributed by atoms with E-state index in [1.165, 1.54) is 0 Å². The SMILES string of the molecule is CN(C)c1ccc(NC(=O)c2cc(Br)ccc2Br)cn1. The van der Waals surface area contributed by atoms with E-state index in [4.69, 9.17) is 0 Å². The molecule has 0 aliphatic carbocycles. The van der Waals surface area contributed by atoms with Gasteiger partial charge in [-0.2, -0.15) is 0 Å². The van der Waals surface area contributed by atoms with E-state index in [0.717, 1.165) is 14.8 Å². The number of anilines is 2. The van der Waals surface area contributed by atoms with Crippen LogP contribution in [0.15, 0.2) is 45.5 Å². The molecule has 0 aliphatic rings. The fraction of sp³-hybridized carbons (Fsp3) is 0.143. The van der Waals surface area contributed by atoms with E-state index in [1.54, 1.807) is 12.3 Å². The number of carbonyl (C=O) groups excluding carboxylic acids is 1. The van der Waals surface area contributed by atoms with Crippen molar-refractivity contribution in [3.05, 3.63) is 51.0 Å². The third kappa shape index (κ3) is 3.58. The van der Waals surface area contributed by atoms with E-state index < -0.39 is 0 Å². The number of nitrogens with zero attached hydrogens (tertiary/aromatic N) is 2. The van der Waals surface area contributed by atoms with E-state index in [0.29, 0.717) is 11.3 Å². The predicted octanol–water partition coefficient (Wildman–Crippen LogP) is 3.92. The number of aromatic nitrogens is 1. The van der Waals surface area contributed by atoms with Gasteiger partial charge >= 0.3 is 0 Å². The average molecular weight is 399 g/mol. The molecule has 1 amide bonds. The van der Waals surface area contributed by atoms with Crippen molar-refractivity contribution in [2.24, 2.45) is 0 Å². The third-order valence-electron chi connectivity index (χ3n) is 2.64. The van der Waals surface area contributed by atoms with Gasteiger partial charge in [0.15, 0.2) is 0 Å². The second-order valence-electron chi connectivity index (χ2n) is 4.38. The average Bonchev–Trinajstić information content (AvgIpc) is 2.42. The second-order valence-corrected chi connectivity index (χ2v) is 6.15. The molecule has 0 unspecified atom stereocenters. The first-order valence-corrected chi connectivity index (χ1v) is 7.46. The van der Waals surface area contributed by atoms with Crippen molar-refractivity contribution in [1.29, 1.82) is 0 Å². The molecule has 1 aromatic heterocycles. The minimum atomic E-state index is -0.183. The first-order valence-electron chi connectivity index (χ1n) is 5.87. The lowest BCUT2D eigenvalue weighted by molar-refractivity contribution is 0.102. The van der Waals surface area contributed by atoms with Crippen LogP contribution in [0.5, 0.6) is 0 Å². The molecule has 0 spiro atoms. The van der Waals surface area contributed by atoms with Crippen LogP contribution in [0.1, 0.15) is 10.4 Å². The van der Waals surface area contributed by atoms with Crippen LogP contribution in [0.4, 0.5) is 11.5 Å². The van der Waals surface area contributed by atoms with Crippen LogP contribution in [0.25, 0.3) is 0 Å². The Morgan fingerprint density at radius 2 is 1.95 bits per heavy atom. The van der Waals surface area contributed by atoms with Crippen molar-refractivity contribution in [2.45, 2.75) is 0 Å². The summed E-state index contributed by atoms with van der Waals surface area (Å²) in [5.74, 6) is 0.657. The quantitative estimate of drug-likeness (QED) is 0.851. The van der Waals surface area contributed by atoms with Gasteiger partial charge in [-0.05, 0) is 46.3 Å². The number of hydrogen-bond acceptors (Lipinski definition) is 3. The Hall–Kier alpha value is -1.40. The number of benzene rings is 1. The molecular formula is C14H13Br2N3O. The first kappa shape index (κ1) is 15.0. The minimum Gasteiger partial charge on any atom is -0.363 e. The largest absolute Gasteiger partial charge is 0.363 e. The molecule has 0 saturated heterocycles. The van der Waals surface area contributed by atoms with Crippen molar-refractivity contribution in [3.63, 3.8) is 0 Å². The molecule has 0 aliphatic heterocycles. The number of hydrogen-bond donors (Lipinski definition) is 1. The lowest BCUT2D eigenvalue weighted by atomic mass is 10.2. The fourth-order valence-electron chi connectivity index (χ4n) is 1.59. The molecule has 4 nitrogen and oxygen atoms in total. The Bertz CT molecular complexity index is 627. The third-order valence-corrected chi connectivity index (χ3v) is 3.82. The number of pyridine rings is 1. The van der Waals surface area contributed by atoms with Gasteiger partial charge in [0.2, 0.25) is 0 Å². The normalized spacial score (nSPS) is 10.2. The molecule has 1 aromatic carbocycles. The van der Waals surface area contributed by atoms with Crippen LogP contribution in [0.3, 0.4) is 0 Å². The standard InChI is InChI=1S/C14H13Br2N3O/c1-19(2)13-6-4-10(8-17-13)18-14(20)11-7-9(15)3-5-12(11)16/h3-8H,1-2H3,(H,18,20). The van der Waals surface area contributed by atoms with Crippen LogP contribution in [-0.2, 0) is 0 Å². The maximum absolute atomic E-state index is 12.2. The Balaban J connectivity index is 2.17. The van der Waals surface area contributed by atoms with E-state index in [1.807, 2.05) is 43.3 Å². The van der Waals surface area contributed by atoms with Crippen LogP contribution in [-0.4, -0.2) is 25.0 Å². The molecule has 0 atom stereocenters. The lowest BCUT2D eigenvalue weighted by Crippen LogP contribution is -2.14. The highest BCUT2D eigenvalue weighted by molar-refractivity contribution is 9.11. The summed E-state index contributed by atoms with van der Waals surface area (Å²) in [4.78, 5) is 18.4. The summed E-state index contributed by atoms with van der Waals surface area (Å²) < 4.78 is 1.60.